The molecule has 0 aliphatic carbocycles. The molecule has 2 unspecified atom stereocenters. The molecule has 2 atom stereocenters. The number of aliphatic hydroxyl groups is 1. The van der Waals surface area contributed by atoms with Crippen LogP contribution in [0.25, 0.3) is 0 Å². The predicted octanol–water partition coefficient (Wildman–Crippen LogP) is 0.193. The van der Waals surface area contributed by atoms with Crippen LogP contribution in [0.4, 0.5) is 4.39 Å². The van der Waals surface area contributed by atoms with Gasteiger partial charge in [0.05, 0.1) is 12.5 Å². The highest BCUT2D eigenvalue weighted by Crippen LogP contribution is 2.04. The molecule has 0 aliphatic heterocycles. The summed E-state index contributed by atoms with van der Waals surface area (Å²) in [5.41, 5.74) is 6.16. The molecule has 17 heavy (non-hydrogen) atoms. The fourth-order valence-electron chi connectivity index (χ4n) is 1.30. The van der Waals surface area contributed by atoms with Crippen LogP contribution in [0.15, 0.2) is 24.3 Å². The zero-order chi connectivity index (χ0) is 12.8. The van der Waals surface area contributed by atoms with Crippen LogP contribution in [0.3, 0.4) is 0 Å². The molecule has 4 nitrogen and oxygen atoms in total. The van der Waals surface area contributed by atoms with Gasteiger partial charge in [0.15, 0.2) is 0 Å². The molecule has 0 fully saturated rings. The first-order valence-electron chi connectivity index (χ1n) is 5.44. The van der Waals surface area contributed by atoms with Crippen molar-refractivity contribution in [1.82, 2.24) is 5.32 Å². The topological polar surface area (TPSA) is 75.3 Å². The molecule has 0 spiro atoms. The smallest absolute Gasteiger partial charge is 0.224 e. The van der Waals surface area contributed by atoms with Crippen LogP contribution in [0.1, 0.15) is 12.5 Å². The monoisotopic (exact) mass is 240 g/mol. The normalized spacial score (nSPS) is 14.1. The number of hydrogen-bond donors (Lipinski definition) is 3. The third kappa shape index (κ3) is 4.93. The van der Waals surface area contributed by atoms with E-state index in [4.69, 9.17) is 10.8 Å². The van der Waals surface area contributed by atoms with Crippen molar-refractivity contribution >= 4 is 5.91 Å². The Morgan fingerprint density at radius 2 is 2.29 bits per heavy atom. The van der Waals surface area contributed by atoms with Crippen LogP contribution in [0.5, 0.6) is 0 Å². The van der Waals surface area contributed by atoms with Crippen molar-refractivity contribution in [1.29, 1.82) is 0 Å². The molecule has 5 heteroatoms. The highest BCUT2D eigenvalue weighted by Gasteiger charge is 2.11. The Labute approximate surface area is 99.6 Å². The molecular weight excluding hydrogens is 223 g/mol. The maximum atomic E-state index is 12.9. The van der Waals surface area contributed by atoms with E-state index in [1.165, 1.54) is 12.1 Å². The van der Waals surface area contributed by atoms with E-state index in [1.807, 2.05) is 0 Å². The largest absolute Gasteiger partial charge is 0.392 e. The second kappa shape index (κ2) is 6.32. The fraction of sp³-hybridized carbons (Fsp3) is 0.417. The summed E-state index contributed by atoms with van der Waals surface area (Å²) in [5.74, 6) is -0.609. The van der Waals surface area contributed by atoms with Crippen LogP contribution in [0, 0.1) is 5.82 Å². The average Bonchev–Trinajstić information content (AvgIpc) is 2.25. The SMILES string of the molecule is CC(O)C(N)CNC(=O)Cc1cccc(F)c1. The molecular formula is C12H17FN2O2. The summed E-state index contributed by atoms with van der Waals surface area (Å²) in [7, 11) is 0. The lowest BCUT2D eigenvalue weighted by Crippen LogP contribution is -2.44. The van der Waals surface area contributed by atoms with E-state index in [0.29, 0.717) is 5.56 Å². The quantitative estimate of drug-likeness (QED) is 0.688. The van der Waals surface area contributed by atoms with Crippen LogP contribution in [-0.4, -0.2) is 29.7 Å². The minimum atomic E-state index is -0.676. The molecule has 1 aromatic rings. The standard InChI is InChI=1S/C12H17FN2O2/c1-8(16)11(14)7-15-12(17)6-9-3-2-4-10(13)5-9/h2-5,8,11,16H,6-7,14H2,1H3,(H,15,17). The molecule has 1 rings (SSSR count). The fourth-order valence-corrected chi connectivity index (χ4v) is 1.30. The molecule has 94 valence electrons. The number of hydrogen-bond acceptors (Lipinski definition) is 3. The molecule has 1 amide bonds. The van der Waals surface area contributed by atoms with Crippen LogP contribution >= 0.6 is 0 Å². The Morgan fingerprint density at radius 1 is 1.59 bits per heavy atom. The lowest BCUT2D eigenvalue weighted by atomic mass is 10.1. The van der Waals surface area contributed by atoms with Gasteiger partial charge in [-0.25, -0.2) is 4.39 Å². The number of nitrogens with one attached hydrogen (secondary N) is 1. The van der Waals surface area contributed by atoms with Gasteiger partial charge in [-0.2, -0.15) is 0 Å². The highest BCUT2D eigenvalue weighted by atomic mass is 19.1. The van der Waals surface area contributed by atoms with Gasteiger partial charge in [-0.15, -0.1) is 0 Å². The lowest BCUT2D eigenvalue weighted by Gasteiger charge is -2.15. The first-order chi connectivity index (χ1) is 7.99. The van der Waals surface area contributed by atoms with Gasteiger partial charge in [0, 0.05) is 12.6 Å². The molecule has 0 aliphatic rings. The van der Waals surface area contributed by atoms with E-state index < -0.39 is 12.1 Å². The minimum Gasteiger partial charge on any atom is -0.392 e. The van der Waals surface area contributed by atoms with Gasteiger partial charge in [-0.3, -0.25) is 4.79 Å². The van der Waals surface area contributed by atoms with Crippen molar-refractivity contribution in [2.24, 2.45) is 5.73 Å². The van der Waals surface area contributed by atoms with Gasteiger partial charge in [0.1, 0.15) is 5.82 Å². The van der Waals surface area contributed by atoms with Crippen molar-refractivity contribution in [2.45, 2.75) is 25.5 Å². The van der Waals surface area contributed by atoms with Crippen molar-refractivity contribution in [3.8, 4) is 0 Å². The Bertz CT molecular complexity index is 383. The van der Waals surface area contributed by atoms with E-state index in [-0.39, 0.29) is 24.7 Å². The van der Waals surface area contributed by atoms with E-state index in [1.54, 1.807) is 19.1 Å². The minimum absolute atomic E-state index is 0.101. The first kappa shape index (κ1) is 13.6. The summed E-state index contributed by atoms with van der Waals surface area (Å²) < 4.78 is 12.9. The highest BCUT2D eigenvalue weighted by molar-refractivity contribution is 5.78. The number of nitrogens with two attached hydrogens (primary N) is 1. The van der Waals surface area contributed by atoms with Gasteiger partial charge in [-0.05, 0) is 24.6 Å². The summed E-state index contributed by atoms with van der Waals surface area (Å²) in [6.07, 6.45) is -0.575. The van der Waals surface area contributed by atoms with Gasteiger partial charge in [0.2, 0.25) is 5.91 Å². The van der Waals surface area contributed by atoms with Crippen molar-refractivity contribution < 1.29 is 14.3 Å². The lowest BCUT2D eigenvalue weighted by molar-refractivity contribution is -0.120. The second-order valence-electron chi connectivity index (χ2n) is 4.02. The average molecular weight is 240 g/mol. The number of aliphatic hydroxyl groups excluding tert-OH is 1. The number of carbonyl (C=O) groups excluding carboxylic acids is 1. The van der Waals surface area contributed by atoms with Crippen molar-refractivity contribution in [3.05, 3.63) is 35.6 Å². The maximum Gasteiger partial charge on any atom is 0.224 e. The zero-order valence-electron chi connectivity index (χ0n) is 9.69. The third-order valence-electron chi connectivity index (χ3n) is 2.41. The first-order valence-corrected chi connectivity index (χ1v) is 5.44. The number of rotatable bonds is 5. The Hall–Kier alpha value is -1.46. The molecule has 0 aromatic heterocycles. The number of carbonyl (C=O) groups is 1. The van der Waals surface area contributed by atoms with Gasteiger partial charge in [0.25, 0.3) is 0 Å². The van der Waals surface area contributed by atoms with Gasteiger partial charge >= 0.3 is 0 Å². The second-order valence-corrected chi connectivity index (χ2v) is 4.02. The summed E-state index contributed by atoms with van der Waals surface area (Å²) in [5, 5.41) is 11.7. The molecule has 0 bridgehead atoms. The van der Waals surface area contributed by atoms with Crippen LogP contribution < -0.4 is 11.1 Å². The van der Waals surface area contributed by atoms with Crippen molar-refractivity contribution in [2.75, 3.05) is 6.54 Å². The molecule has 0 radical (unpaired) electrons. The summed E-state index contributed by atoms with van der Waals surface area (Å²) in [6.45, 7) is 1.76. The number of halogens is 1. The number of amides is 1. The molecule has 0 saturated heterocycles. The summed E-state index contributed by atoms with van der Waals surface area (Å²) in [6, 6.07) is 5.38. The molecule has 4 N–H and O–H groups in total. The van der Waals surface area contributed by atoms with Gasteiger partial charge in [-0.1, -0.05) is 12.1 Å². The zero-order valence-corrected chi connectivity index (χ0v) is 9.69. The predicted molar refractivity (Wildman–Crippen MR) is 62.8 cm³/mol. The maximum absolute atomic E-state index is 12.9. The van der Waals surface area contributed by atoms with E-state index >= 15 is 0 Å². The molecule has 1 aromatic carbocycles. The van der Waals surface area contributed by atoms with E-state index in [2.05, 4.69) is 5.32 Å². The Balaban J connectivity index is 2.40. The summed E-state index contributed by atoms with van der Waals surface area (Å²) >= 11 is 0. The molecule has 0 saturated carbocycles. The Kier molecular flexibility index (Phi) is 5.06. The van der Waals surface area contributed by atoms with Crippen LogP contribution in [-0.2, 0) is 11.2 Å². The van der Waals surface area contributed by atoms with E-state index in [0.717, 1.165) is 0 Å². The Morgan fingerprint density at radius 3 is 2.88 bits per heavy atom. The van der Waals surface area contributed by atoms with Crippen LogP contribution in [0.2, 0.25) is 0 Å². The number of benzene rings is 1. The summed E-state index contributed by atoms with van der Waals surface area (Å²) in [4.78, 5) is 11.5. The van der Waals surface area contributed by atoms with E-state index in [9.17, 15) is 9.18 Å². The third-order valence-corrected chi connectivity index (χ3v) is 2.41. The van der Waals surface area contributed by atoms with Crippen molar-refractivity contribution in [3.63, 3.8) is 0 Å². The molecule has 0 heterocycles. The van der Waals surface area contributed by atoms with Gasteiger partial charge < -0.3 is 16.2 Å².